The second kappa shape index (κ2) is 7.96. The zero-order valence-corrected chi connectivity index (χ0v) is 12.6. The highest BCUT2D eigenvalue weighted by Gasteiger charge is 2.40. The third-order valence-electron chi connectivity index (χ3n) is 4.36. The molecule has 1 saturated heterocycles. The van der Waals surface area contributed by atoms with Crippen LogP contribution in [0.5, 0.6) is 0 Å². The van der Waals surface area contributed by atoms with Crippen LogP contribution in [0, 0.1) is 11.8 Å². The number of rotatable bonds is 8. The third kappa shape index (κ3) is 4.10. The predicted molar refractivity (Wildman–Crippen MR) is 78.8 cm³/mol. The van der Waals surface area contributed by atoms with Gasteiger partial charge in [0.05, 0.1) is 12.2 Å². The molecule has 5 unspecified atom stereocenters. The average Bonchev–Trinajstić information content (AvgIpc) is 2.59. The smallest absolute Gasteiger partial charge is 0.0597 e. The molecule has 0 spiro atoms. The summed E-state index contributed by atoms with van der Waals surface area (Å²) in [5.41, 5.74) is 0. The molecule has 1 aliphatic rings. The van der Waals surface area contributed by atoms with E-state index in [1.807, 2.05) is 6.08 Å². The van der Waals surface area contributed by atoms with E-state index in [1.165, 1.54) is 19.3 Å². The van der Waals surface area contributed by atoms with Crippen LogP contribution in [0.3, 0.4) is 0 Å². The summed E-state index contributed by atoms with van der Waals surface area (Å²) in [7, 11) is 0. The van der Waals surface area contributed by atoms with Crippen LogP contribution in [0.1, 0.15) is 53.4 Å². The summed E-state index contributed by atoms with van der Waals surface area (Å²) < 4.78 is 5.99. The minimum absolute atomic E-state index is 0.382. The van der Waals surface area contributed by atoms with Gasteiger partial charge in [-0.2, -0.15) is 0 Å². The average molecular weight is 253 g/mol. The van der Waals surface area contributed by atoms with Crippen molar-refractivity contribution in [1.82, 2.24) is 5.32 Å². The fraction of sp³-hybridized carbons (Fsp3) is 0.875. The van der Waals surface area contributed by atoms with Crippen molar-refractivity contribution in [3.05, 3.63) is 12.7 Å². The molecule has 0 radical (unpaired) electrons. The van der Waals surface area contributed by atoms with Crippen molar-refractivity contribution in [3.8, 4) is 0 Å². The van der Waals surface area contributed by atoms with Gasteiger partial charge in [-0.15, -0.1) is 6.58 Å². The van der Waals surface area contributed by atoms with Gasteiger partial charge in [-0.3, -0.25) is 0 Å². The normalized spacial score (nSPS) is 33.6. The second-order valence-corrected chi connectivity index (χ2v) is 5.76. The molecular weight excluding hydrogens is 222 g/mol. The van der Waals surface area contributed by atoms with Crippen LogP contribution in [0.25, 0.3) is 0 Å². The molecular formula is C16H31NO. The Morgan fingerprint density at radius 1 is 1.28 bits per heavy atom. The fourth-order valence-electron chi connectivity index (χ4n) is 3.23. The van der Waals surface area contributed by atoms with Crippen molar-refractivity contribution in [2.24, 2.45) is 11.8 Å². The molecule has 0 saturated carbocycles. The van der Waals surface area contributed by atoms with Crippen molar-refractivity contribution in [1.29, 1.82) is 0 Å². The summed E-state index contributed by atoms with van der Waals surface area (Å²) in [4.78, 5) is 0. The molecule has 2 nitrogen and oxygen atoms in total. The van der Waals surface area contributed by atoms with Crippen LogP contribution < -0.4 is 5.32 Å². The van der Waals surface area contributed by atoms with Gasteiger partial charge < -0.3 is 10.1 Å². The number of allylic oxidation sites excluding steroid dienone is 1. The molecule has 0 aromatic heterocycles. The first kappa shape index (κ1) is 15.7. The van der Waals surface area contributed by atoms with Crippen LogP contribution in [-0.4, -0.2) is 24.8 Å². The van der Waals surface area contributed by atoms with E-state index in [1.54, 1.807) is 0 Å². The Balaban J connectivity index is 2.59. The van der Waals surface area contributed by atoms with E-state index in [-0.39, 0.29) is 0 Å². The Morgan fingerprint density at radius 2 is 2.00 bits per heavy atom. The highest BCUT2D eigenvalue weighted by Crippen LogP contribution is 2.35. The number of hydrogen-bond donors (Lipinski definition) is 1. The molecule has 1 rings (SSSR count). The molecule has 1 N–H and O–H groups in total. The maximum absolute atomic E-state index is 5.99. The molecule has 0 amide bonds. The van der Waals surface area contributed by atoms with Gasteiger partial charge in [0.15, 0.2) is 0 Å². The quantitative estimate of drug-likeness (QED) is 0.525. The SMILES string of the molecule is C=CCCCC(NCCC)C1C(C)OC(C)C1C. The topological polar surface area (TPSA) is 21.3 Å². The number of unbranched alkanes of at least 4 members (excludes halogenated alkanes) is 1. The Morgan fingerprint density at radius 3 is 2.50 bits per heavy atom. The molecule has 5 atom stereocenters. The van der Waals surface area contributed by atoms with E-state index in [9.17, 15) is 0 Å². The molecule has 106 valence electrons. The molecule has 2 heteroatoms. The van der Waals surface area contributed by atoms with Crippen LogP contribution in [0.4, 0.5) is 0 Å². The van der Waals surface area contributed by atoms with Crippen LogP contribution in [-0.2, 0) is 4.74 Å². The predicted octanol–water partition coefficient (Wildman–Crippen LogP) is 3.77. The zero-order chi connectivity index (χ0) is 13.5. The van der Waals surface area contributed by atoms with Gasteiger partial charge in [-0.05, 0) is 52.0 Å². The summed E-state index contributed by atoms with van der Waals surface area (Å²) in [5.74, 6) is 1.30. The van der Waals surface area contributed by atoms with E-state index in [2.05, 4.69) is 39.6 Å². The summed E-state index contributed by atoms with van der Waals surface area (Å²) in [5, 5.41) is 3.74. The van der Waals surface area contributed by atoms with Crippen LogP contribution >= 0.6 is 0 Å². The Hall–Kier alpha value is -0.340. The van der Waals surface area contributed by atoms with E-state index in [0.717, 1.165) is 13.0 Å². The van der Waals surface area contributed by atoms with Crippen molar-refractivity contribution >= 4 is 0 Å². The van der Waals surface area contributed by atoms with Crippen LogP contribution in [0.2, 0.25) is 0 Å². The van der Waals surface area contributed by atoms with Gasteiger partial charge in [0.25, 0.3) is 0 Å². The highest BCUT2D eigenvalue weighted by atomic mass is 16.5. The lowest BCUT2D eigenvalue weighted by atomic mass is 9.81. The summed E-state index contributed by atoms with van der Waals surface area (Å²) >= 11 is 0. The van der Waals surface area contributed by atoms with Gasteiger partial charge in [-0.1, -0.05) is 19.9 Å². The lowest BCUT2D eigenvalue weighted by Crippen LogP contribution is -2.42. The first-order valence-corrected chi connectivity index (χ1v) is 7.61. The Kier molecular flexibility index (Phi) is 6.95. The van der Waals surface area contributed by atoms with Gasteiger partial charge in [0.1, 0.15) is 0 Å². The van der Waals surface area contributed by atoms with E-state index in [0.29, 0.717) is 30.1 Å². The van der Waals surface area contributed by atoms with Gasteiger partial charge in [0, 0.05) is 12.0 Å². The number of hydrogen-bond acceptors (Lipinski definition) is 2. The van der Waals surface area contributed by atoms with Crippen molar-refractivity contribution < 1.29 is 4.74 Å². The largest absolute Gasteiger partial charge is 0.375 e. The molecule has 1 fully saturated rings. The van der Waals surface area contributed by atoms with Gasteiger partial charge in [-0.25, -0.2) is 0 Å². The molecule has 18 heavy (non-hydrogen) atoms. The van der Waals surface area contributed by atoms with Crippen molar-refractivity contribution in [3.63, 3.8) is 0 Å². The minimum atomic E-state index is 0.382. The second-order valence-electron chi connectivity index (χ2n) is 5.76. The molecule has 1 heterocycles. The Bertz CT molecular complexity index is 241. The summed E-state index contributed by atoms with van der Waals surface area (Å²) in [6.45, 7) is 13.9. The third-order valence-corrected chi connectivity index (χ3v) is 4.36. The summed E-state index contributed by atoms with van der Waals surface area (Å²) in [6.07, 6.45) is 7.59. The van der Waals surface area contributed by atoms with Crippen molar-refractivity contribution in [2.45, 2.75) is 71.6 Å². The van der Waals surface area contributed by atoms with Crippen LogP contribution in [0.15, 0.2) is 12.7 Å². The monoisotopic (exact) mass is 253 g/mol. The van der Waals surface area contributed by atoms with E-state index < -0.39 is 0 Å². The lowest BCUT2D eigenvalue weighted by Gasteiger charge is -2.30. The zero-order valence-electron chi connectivity index (χ0n) is 12.6. The minimum Gasteiger partial charge on any atom is -0.375 e. The number of nitrogens with one attached hydrogen (secondary N) is 1. The first-order valence-electron chi connectivity index (χ1n) is 7.61. The standard InChI is InChI=1S/C16H31NO/c1-6-8-9-10-15(17-11-7-2)16-12(3)13(4)18-14(16)5/h6,12-17H,1,7-11H2,2-5H3. The van der Waals surface area contributed by atoms with Gasteiger partial charge >= 0.3 is 0 Å². The Labute approximate surface area is 113 Å². The molecule has 0 bridgehead atoms. The number of ether oxygens (including phenoxy) is 1. The maximum atomic E-state index is 5.99. The van der Waals surface area contributed by atoms with Crippen molar-refractivity contribution in [2.75, 3.05) is 6.54 Å². The van der Waals surface area contributed by atoms with E-state index >= 15 is 0 Å². The first-order chi connectivity index (χ1) is 8.61. The molecule has 0 aromatic carbocycles. The molecule has 0 aromatic rings. The fourth-order valence-corrected chi connectivity index (χ4v) is 3.23. The molecule has 1 aliphatic heterocycles. The summed E-state index contributed by atoms with van der Waals surface area (Å²) in [6, 6.07) is 0.597. The maximum Gasteiger partial charge on any atom is 0.0597 e. The highest BCUT2D eigenvalue weighted by molar-refractivity contribution is 4.92. The molecule has 0 aliphatic carbocycles. The van der Waals surface area contributed by atoms with Gasteiger partial charge in [0.2, 0.25) is 0 Å². The van der Waals surface area contributed by atoms with E-state index in [4.69, 9.17) is 4.74 Å². The lowest BCUT2D eigenvalue weighted by molar-refractivity contribution is 0.0471.